The van der Waals surface area contributed by atoms with Gasteiger partial charge >= 0.3 is 6.03 Å². The Hall–Kier alpha value is -2.41. The van der Waals surface area contributed by atoms with Crippen LogP contribution in [0.25, 0.3) is 0 Å². The predicted octanol–water partition coefficient (Wildman–Crippen LogP) is -0.276. The lowest BCUT2D eigenvalue weighted by molar-refractivity contribution is -0.113. The fourth-order valence-corrected chi connectivity index (χ4v) is 1.36. The van der Waals surface area contributed by atoms with E-state index in [1.165, 1.54) is 7.11 Å². The summed E-state index contributed by atoms with van der Waals surface area (Å²) < 4.78 is 0. The van der Waals surface area contributed by atoms with Crippen LogP contribution in [-0.2, 0) is 16.2 Å². The number of primary amides is 1. The van der Waals surface area contributed by atoms with Gasteiger partial charge in [-0.05, 0) is 5.56 Å². The summed E-state index contributed by atoms with van der Waals surface area (Å²) >= 11 is 0. The minimum atomic E-state index is -0.995. The van der Waals surface area contributed by atoms with Crippen molar-refractivity contribution in [2.24, 2.45) is 10.9 Å². The van der Waals surface area contributed by atoms with Crippen LogP contribution in [0.5, 0.6) is 0 Å². The van der Waals surface area contributed by atoms with Crippen molar-refractivity contribution in [1.82, 2.24) is 5.32 Å². The van der Waals surface area contributed by atoms with Crippen LogP contribution in [0.1, 0.15) is 11.1 Å². The summed E-state index contributed by atoms with van der Waals surface area (Å²) in [6.07, 6.45) is 0. The molecule has 0 bridgehead atoms. The molecule has 0 atom stereocenters. The van der Waals surface area contributed by atoms with Gasteiger partial charge in [0.25, 0.3) is 5.91 Å². The van der Waals surface area contributed by atoms with E-state index in [0.29, 0.717) is 11.1 Å². The SMILES string of the molecule is CO/N=C(/C(=O)NC(N)=O)c1ccccc1CO. The Balaban J connectivity index is 3.16. The number of nitrogens with zero attached hydrogens (tertiary/aromatic N) is 1. The van der Waals surface area contributed by atoms with Crippen LogP contribution in [0.3, 0.4) is 0 Å². The highest BCUT2D eigenvalue weighted by Gasteiger charge is 2.19. The average Bonchev–Trinajstić information content (AvgIpc) is 2.35. The third-order valence-electron chi connectivity index (χ3n) is 2.08. The van der Waals surface area contributed by atoms with Crippen LogP contribution < -0.4 is 11.1 Å². The zero-order valence-electron chi connectivity index (χ0n) is 9.71. The van der Waals surface area contributed by atoms with Crippen molar-refractivity contribution in [3.63, 3.8) is 0 Å². The first-order valence-corrected chi connectivity index (χ1v) is 5.01. The van der Waals surface area contributed by atoms with Crippen molar-refractivity contribution < 1.29 is 19.5 Å². The fraction of sp³-hybridized carbons (Fsp3) is 0.182. The molecule has 1 aromatic carbocycles. The minimum Gasteiger partial charge on any atom is -0.398 e. The average molecular weight is 251 g/mol. The summed E-state index contributed by atoms with van der Waals surface area (Å²) in [7, 11) is 1.26. The summed E-state index contributed by atoms with van der Waals surface area (Å²) in [5.41, 5.74) is 5.56. The normalized spacial score (nSPS) is 10.9. The molecule has 0 saturated carbocycles. The van der Waals surface area contributed by atoms with Crippen LogP contribution >= 0.6 is 0 Å². The summed E-state index contributed by atoms with van der Waals surface area (Å²) in [5.74, 6) is -0.801. The molecule has 4 N–H and O–H groups in total. The molecular weight excluding hydrogens is 238 g/mol. The maximum absolute atomic E-state index is 11.7. The molecule has 7 heteroatoms. The number of nitrogens with two attached hydrogens (primary N) is 1. The Morgan fingerprint density at radius 1 is 1.44 bits per heavy atom. The molecule has 7 nitrogen and oxygen atoms in total. The van der Waals surface area contributed by atoms with Gasteiger partial charge in [-0.1, -0.05) is 29.4 Å². The number of aliphatic hydroxyl groups excluding tert-OH is 1. The first-order chi connectivity index (χ1) is 8.60. The van der Waals surface area contributed by atoms with Gasteiger partial charge in [0.05, 0.1) is 6.61 Å². The Morgan fingerprint density at radius 3 is 2.67 bits per heavy atom. The molecule has 0 fully saturated rings. The van der Waals surface area contributed by atoms with Gasteiger partial charge in [0.1, 0.15) is 7.11 Å². The lowest BCUT2D eigenvalue weighted by Gasteiger charge is -2.08. The standard InChI is InChI=1S/C11H13N3O4/c1-18-14-9(10(16)13-11(12)17)8-5-3-2-4-7(8)6-15/h2-5,15H,6H2,1H3,(H3,12,13,16,17)/b14-9+. The Kier molecular flexibility index (Phi) is 4.82. The number of nitrogens with one attached hydrogen (secondary N) is 1. The quantitative estimate of drug-likeness (QED) is 0.504. The number of urea groups is 1. The van der Waals surface area contributed by atoms with Gasteiger partial charge in [0.2, 0.25) is 0 Å². The maximum atomic E-state index is 11.7. The lowest BCUT2D eigenvalue weighted by atomic mass is 10.0. The molecule has 0 aliphatic carbocycles. The predicted molar refractivity (Wildman–Crippen MR) is 63.6 cm³/mol. The number of aliphatic hydroxyl groups is 1. The fourth-order valence-electron chi connectivity index (χ4n) is 1.36. The second kappa shape index (κ2) is 6.36. The van der Waals surface area contributed by atoms with Gasteiger partial charge in [0, 0.05) is 5.56 Å². The molecule has 0 aliphatic heterocycles. The summed E-state index contributed by atoms with van der Waals surface area (Å²) in [5, 5.41) is 14.6. The Bertz CT molecular complexity index is 485. The van der Waals surface area contributed by atoms with E-state index in [1.807, 2.05) is 5.32 Å². The highest BCUT2D eigenvalue weighted by molar-refractivity contribution is 6.47. The molecule has 3 amide bonds. The van der Waals surface area contributed by atoms with E-state index < -0.39 is 11.9 Å². The van der Waals surface area contributed by atoms with Gasteiger partial charge in [0.15, 0.2) is 5.71 Å². The molecule has 0 aromatic heterocycles. The van der Waals surface area contributed by atoms with E-state index in [9.17, 15) is 14.7 Å². The number of carbonyl (C=O) groups excluding carboxylic acids is 2. The van der Waals surface area contributed by atoms with E-state index in [-0.39, 0.29) is 12.3 Å². The van der Waals surface area contributed by atoms with E-state index in [2.05, 4.69) is 9.99 Å². The number of benzene rings is 1. The highest BCUT2D eigenvalue weighted by atomic mass is 16.6. The number of oxime groups is 1. The van der Waals surface area contributed by atoms with Crippen molar-refractivity contribution in [3.8, 4) is 0 Å². The topological polar surface area (TPSA) is 114 Å². The van der Waals surface area contributed by atoms with Gasteiger partial charge in [-0.15, -0.1) is 0 Å². The van der Waals surface area contributed by atoms with Crippen molar-refractivity contribution in [3.05, 3.63) is 35.4 Å². The highest BCUT2D eigenvalue weighted by Crippen LogP contribution is 2.10. The van der Waals surface area contributed by atoms with E-state index in [4.69, 9.17) is 5.73 Å². The molecule has 18 heavy (non-hydrogen) atoms. The monoisotopic (exact) mass is 251 g/mol. The Morgan fingerprint density at radius 2 is 2.11 bits per heavy atom. The molecule has 0 radical (unpaired) electrons. The summed E-state index contributed by atoms with van der Waals surface area (Å²) in [6.45, 7) is -0.275. The second-order valence-corrected chi connectivity index (χ2v) is 3.26. The molecule has 0 spiro atoms. The first-order valence-electron chi connectivity index (χ1n) is 5.01. The first kappa shape index (κ1) is 13.7. The zero-order valence-corrected chi connectivity index (χ0v) is 9.71. The van der Waals surface area contributed by atoms with Crippen LogP contribution in [0.15, 0.2) is 29.4 Å². The van der Waals surface area contributed by atoms with Gasteiger partial charge in [-0.3, -0.25) is 10.1 Å². The molecule has 1 aromatic rings. The molecule has 1 rings (SSSR count). The van der Waals surface area contributed by atoms with Crippen LogP contribution in [0, 0.1) is 0 Å². The van der Waals surface area contributed by atoms with Gasteiger partial charge in [-0.25, -0.2) is 4.79 Å². The van der Waals surface area contributed by atoms with E-state index in [0.717, 1.165) is 0 Å². The van der Waals surface area contributed by atoms with Gasteiger partial charge in [-0.2, -0.15) is 0 Å². The molecule has 0 aliphatic rings. The third-order valence-corrected chi connectivity index (χ3v) is 2.08. The molecule has 0 saturated heterocycles. The number of rotatable bonds is 4. The maximum Gasteiger partial charge on any atom is 0.319 e. The second-order valence-electron chi connectivity index (χ2n) is 3.26. The number of amides is 3. The lowest BCUT2D eigenvalue weighted by Crippen LogP contribution is -2.40. The summed E-state index contributed by atoms with van der Waals surface area (Å²) in [4.78, 5) is 26.9. The van der Waals surface area contributed by atoms with Crippen molar-refractivity contribution in [2.45, 2.75) is 6.61 Å². The van der Waals surface area contributed by atoms with Crippen molar-refractivity contribution in [2.75, 3.05) is 7.11 Å². The number of hydrogen-bond acceptors (Lipinski definition) is 5. The van der Waals surface area contributed by atoms with E-state index in [1.54, 1.807) is 24.3 Å². The van der Waals surface area contributed by atoms with E-state index >= 15 is 0 Å². The van der Waals surface area contributed by atoms with Gasteiger partial charge < -0.3 is 15.7 Å². The molecular formula is C11H13N3O4. The number of imide groups is 1. The Labute approximate surface area is 103 Å². The van der Waals surface area contributed by atoms with Crippen molar-refractivity contribution >= 4 is 17.6 Å². The third kappa shape index (κ3) is 3.29. The molecule has 0 unspecified atom stereocenters. The zero-order chi connectivity index (χ0) is 13.5. The smallest absolute Gasteiger partial charge is 0.319 e. The van der Waals surface area contributed by atoms with Crippen LogP contribution in [0.4, 0.5) is 4.79 Å². The van der Waals surface area contributed by atoms with Crippen LogP contribution in [-0.4, -0.2) is 29.9 Å². The summed E-state index contributed by atoms with van der Waals surface area (Å²) in [6, 6.07) is 5.57. The number of carbonyl (C=O) groups is 2. The largest absolute Gasteiger partial charge is 0.398 e. The minimum absolute atomic E-state index is 0.138. The number of hydrogen-bond donors (Lipinski definition) is 3. The molecule has 96 valence electrons. The van der Waals surface area contributed by atoms with Crippen molar-refractivity contribution in [1.29, 1.82) is 0 Å². The van der Waals surface area contributed by atoms with Crippen LogP contribution in [0.2, 0.25) is 0 Å². The molecule has 0 heterocycles.